The number of hydrogen-bond acceptors (Lipinski definition) is 2. The Labute approximate surface area is 761 Å². The van der Waals surface area contributed by atoms with Crippen molar-refractivity contribution in [3.05, 3.63) is 534 Å². The van der Waals surface area contributed by atoms with Crippen LogP contribution in [0.4, 0.5) is 8.78 Å². The van der Waals surface area contributed by atoms with E-state index in [2.05, 4.69) is 467 Å². The monoisotopic (exact) mass is 1980 g/mol. The summed E-state index contributed by atoms with van der Waals surface area (Å²) in [5.41, 5.74) is 6.69. The molecular formula is C108H86BBr2F2IO2P4Pd. The first-order chi connectivity index (χ1) is 59.0. The quantitative estimate of drug-likeness (QED) is 0.0575. The molecule has 18 rings (SSSR count). The van der Waals surface area contributed by atoms with Crippen molar-refractivity contribution < 1.29 is 39.3 Å². The van der Waals surface area contributed by atoms with Gasteiger partial charge in [0.15, 0.2) is 0 Å². The van der Waals surface area contributed by atoms with E-state index in [1.165, 1.54) is 103 Å². The summed E-state index contributed by atoms with van der Waals surface area (Å²) in [4.78, 5) is 0. The zero-order chi connectivity index (χ0) is 83.1. The normalized spacial score (nSPS) is 10.3. The number of rotatable bonds is 16. The van der Waals surface area contributed by atoms with Gasteiger partial charge in [-0.15, -0.1) is 0 Å². The first-order valence-corrected chi connectivity index (χ1v) is 47.1. The Hall–Kier alpha value is -10.1. The Morgan fingerprint density at radius 3 is 0.471 bits per heavy atom. The zero-order valence-corrected chi connectivity index (χ0v) is 76.4. The third kappa shape index (κ3) is 29.0. The maximum Gasteiger partial charge on any atom is 0.488 e. The summed E-state index contributed by atoms with van der Waals surface area (Å²) in [5.74, 6) is -0.480. The van der Waals surface area contributed by atoms with Crippen molar-refractivity contribution in [3.8, 4) is 33.4 Å². The molecule has 0 unspecified atom stereocenters. The summed E-state index contributed by atoms with van der Waals surface area (Å²) in [5, 5.41) is 34.6. The molecule has 0 saturated carbocycles. The number of hydrogen-bond donors (Lipinski definition) is 2. The molecule has 598 valence electrons. The third-order valence-corrected chi connectivity index (χ3v) is 30.2. The average Bonchev–Trinajstić information content (AvgIpc) is 0.825. The number of benzene rings is 18. The molecule has 2 nitrogen and oxygen atoms in total. The molecule has 0 aliphatic heterocycles. The first-order valence-electron chi connectivity index (χ1n) is 39.0. The van der Waals surface area contributed by atoms with Gasteiger partial charge in [-0.25, -0.2) is 8.78 Å². The van der Waals surface area contributed by atoms with Crippen molar-refractivity contribution in [2.75, 3.05) is 0 Å². The van der Waals surface area contributed by atoms with Gasteiger partial charge >= 0.3 is 7.12 Å². The molecule has 121 heavy (non-hydrogen) atoms. The van der Waals surface area contributed by atoms with Gasteiger partial charge in [-0.1, -0.05) is 481 Å². The predicted molar refractivity (Wildman–Crippen MR) is 534 cm³/mol. The van der Waals surface area contributed by atoms with Crippen molar-refractivity contribution in [2.24, 2.45) is 0 Å². The van der Waals surface area contributed by atoms with E-state index in [1.807, 2.05) is 24.3 Å². The van der Waals surface area contributed by atoms with E-state index in [-0.39, 0.29) is 32.1 Å². The van der Waals surface area contributed by atoms with E-state index < -0.39 is 38.8 Å². The minimum absolute atomic E-state index is 0. The van der Waals surface area contributed by atoms with Crippen LogP contribution in [0, 0.1) is 15.2 Å². The van der Waals surface area contributed by atoms with Crippen LogP contribution in [0.1, 0.15) is 0 Å². The molecule has 0 bridgehead atoms. The summed E-state index contributed by atoms with van der Waals surface area (Å²) in [6, 6.07) is 173. The van der Waals surface area contributed by atoms with Crippen LogP contribution in [0.5, 0.6) is 0 Å². The van der Waals surface area contributed by atoms with Gasteiger partial charge in [0.25, 0.3) is 0 Å². The van der Waals surface area contributed by atoms with Gasteiger partial charge in [0, 0.05) is 32.9 Å². The third-order valence-electron chi connectivity index (χ3n) is 18.6. The summed E-state index contributed by atoms with van der Waals surface area (Å²) in [7, 11) is -3.24. The average molecular weight is 1980 g/mol. The second-order valence-corrected chi connectivity index (χ2v) is 38.9. The topological polar surface area (TPSA) is 40.5 Å². The molecule has 2 N–H and O–H groups in total. The van der Waals surface area contributed by atoms with E-state index >= 15 is 0 Å². The van der Waals surface area contributed by atoms with Crippen LogP contribution in [0.25, 0.3) is 33.4 Å². The molecule has 0 radical (unpaired) electrons. The summed E-state index contributed by atoms with van der Waals surface area (Å²) in [6.45, 7) is 0. The molecule has 13 heteroatoms. The van der Waals surface area contributed by atoms with E-state index in [0.717, 1.165) is 31.2 Å². The second-order valence-electron chi connectivity index (χ2n) is 26.9. The van der Waals surface area contributed by atoms with Crippen LogP contribution in [-0.4, -0.2) is 17.2 Å². The largest absolute Gasteiger partial charge is 0.488 e. The maximum absolute atomic E-state index is 12.9. The van der Waals surface area contributed by atoms with Crippen molar-refractivity contribution in [2.45, 2.75) is 0 Å². The van der Waals surface area contributed by atoms with Gasteiger partial charge in [0.1, 0.15) is 11.6 Å². The molecule has 0 aliphatic carbocycles. The number of halogens is 5. The van der Waals surface area contributed by atoms with Gasteiger partial charge in [-0.2, -0.15) is 0 Å². The molecule has 0 aliphatic rings. The molecule has 0 atom stereocenters. The molecule has 0 spiro atoms. The molecule has 0 heterocycles. The summed E-state index contributed by atoms with van der Waals surface area (Å²) >= 11 is 9.05. The second kappa shape index (κ2) is 50.3. The molecule has 18 aromatic rings. The molecular weight excluding hydrogens is 1900 g/mol. The van der Waals surface area contributed by atoms with Gasteiger partial charge in [-0.3, -0.25) is 0 Å². The van der Waals surface area contributed by atoms with Crippen molar-refractivity contribution in [1.29, 1.82) is 0 Å². The summed E-state index contributed by atoms with van der Waals surface area (Å²) < 4.78 is 29.1. The van der Waals surface area contributed by atoms with Crippen LogP contribution < -0.4 is 69.1 Å². The van der Waals surface area contributed by atoms with Gasteiger partial charge in [-0.05, 0) is 217 Å². The fraction of sp³-hybridized carbons (Fsp3) is 0. The van der Waals surface area contributed by atoms with E-state index in [9.17, 15) is 8.78 Å². The molecule has 0 fully saturated rings. The molecule has 0 saturated heterocycles. The van der Waals surface area contributed by atoms with E-state index in [1.54, 1.807) is 48.5 Å². The Morgan fingerprint density at radius 2 is 0.322 bits per heavy atom. The van der Waals surface area contributed by atoms with Crippen LogP contribution in [0.15, 0.2) is 519 Å². The van der Waals surface area contributed by atoms with Crippen molar-refractivity contribution in [3.63, 3.8) is 0 Å². The fourth-order valence-electron chi connectivity index (χ4n) is 12.8. The maximum atomic E-state index is 12.9. The Morgan fingerprint density at radius 1 is 0.190 bits per heavy atom. The van der Waals surface area contributed by atoms with Gasteiger partial charge in [0.05, 0.1) is 0 Å². The molecule has 18 aromatic carbocycles. The first kappa shape index (κ1) is 91.6. The van der Waals surface area contributed by atoms with Gasteiger partial charge in [0.2, 0.25) is 0 Å². The smallest absolute Gasteiger partial charge is 0.423 e. The fourth-order valence-corrected chi connectivity index (χ4v) is 22.9. The van der Waals surface area contributed by atoms with Gasteiger partial charge < -0.3 is 10.0 Å². The standard InChI is InChI=1S/C18H12BrF.4C18H15P.C12H10BFO2.C6H4BrI.Pd/c19-17-9-5-15(6-10-17)13-1-3-14(4-2-13)16-7-11-18(20)12-8-16;4*1-4-10-16(11-5-1)19(17-12-6-2-7-13-17)18-14-8-3-9-15-18;14-12-7-3-10(4-8-12)9-1-5-11(6-2-9)13(15)16;7-5-1-3-6(8)4-2-5;/h1-12H;4*1-15H;1-8,15-16H;1-4H;. The summed E-state index contributed by atoms with van der Waals surface area (Å²) in [6.07, 6.45) is 0. The minimum Gasteiger partial charge on any atom is -0.423 e. The van der Waals surface area contributed by atoms with E-state index in [0.29, 0.717) is 5.46 Å². The minimum atomic E-state index is -1.46. The SMILES string of the molecule is Brc1ccc(I)cc1.Fc1ccc(-c2ccc(-c3ccc(Br)cc3)cc2)cc1.OB(O)c1ccc(-c2ccc(F)cc2)cc1.[Pd].c1ccc(P(c2ccccc2)c2ccccc2)cc1.c1ccc(P(c2ccccc2)c2ccccc2)cc1.c1ccc(P(c2ccccc2)c2ccccc2)cc1.c1ccc(P(c2ccccc2)c2ccccc2)cc1. The predicted octanol–water partition coefficient (Wildman–Crippen LogP) is 23.9. The van der Waals surface area contributed by atoms with Crippen LogP contribution in [0.3, 0.4) is 0 Å². The van der Waals surface area contributed by atoms with Crippen molar-refractivity contribution in [1.82, 2.24) is 0 Å². The Balaban J connectivity index is 0.000000139. The van der Waals surface area contributed by atoms with E-state index in [4.69, 9.17) is 10.0 Å². The van der Waals surface area contributed by atoms with Crippen molar-refractivity contribution >= 4 is 162 Å². The van der Waals surface area contributed by atoms with Crippen LogP contribution >= 0.6 is 86.1 Å². The van der Waals surface area contributed by atoms with Crippen LogP contribution in [0.2, 0.25) is 0 Å². The Bertz CT molecular complexity index is 4940. The molecule has 0 aromatic heterocycles. The Kier molecular flexibility index (Phi) is 38.1. The van der Waals surface area contributed by atoms with Crippen LogP contribution in [-0.2, 0) is 20.4 Å². The zero-order valence-electron chi connectivity index (χ0n) is 66.0. The molecule has 0 amide bonds.